The number of allylic oxidation sites excluding steroid dienone is 1. The number of aliphatic carboxylic acids is 1. The van der Waals surface area contributed by atoms with Crippen molar-refractivity contribution in [3.63, 3.8) is 0 Å². The van der Waals surface area contributed by atoms with Crippen molar-refractivity contribution in [1.82, 2.24) is 5.32 Å². The number of carboxylic acid groups (broad SMARTS) is 1. The molecular weight excluding hydrogens is 390 g/mol. The quantitative estimate of drug-likeness (QED) is 0.422. The lowest BCUT2D eigenvalue weighted by molar-refractivity contribution is -0.131. The molecular formula is C22H23NO7. The zero-order valence-electron chi connectivity index (χ0n) is 16.4. The van der Waals surface area contributed by atoms with Crippen LogP contribution in [0, 0.1) is 0 Å². The lowest BCUT2D eigenvalue weighted by atomic mass is 10.0. The Bertz CT molecular complexity index is 909. The molecule has 0 aliphatic rings. The van der Waals surface area contributed by atoms with E-state index < -0.39 is 24.1 Å². The second-order valence-corrected chi connectivity index (χ2v) is 6.32. The van der Waals surface area contributed by atoms with E-state index in [1.165, 1.54) is 19.3 Å². The van der Waals surface area contributed by atoms with Crippen molar-refractivity contribution < 1.29 is 34.1 Å². The van der Waals surface area contributed by atoms with Crippen molar-refractivity contribution in [1.29, 1.82) is 0 Å². The van der Waals surface area contributed by atoms with Crippen molar-refractivity contribution in [2.45, 2.75) is 25.4 Å². The molecule has 0 unspecified atom stereocenters. The first-order valence-electron chi connectivity index (χ1n) is 9.24. The summed E-state index contributed by atoms with van der Waals surface area (Å²) in [5.41, 5.74) is 0.824. The van der Waals surface area contributed by atoms with Crippen LogP contribution >= 0.6 is 0 Å². The van der Waals surface area contributed by atoms with Gasteiger partial charge in [0.25, 0.3) is 5.91 Å². The van der Waals surface area contributed by atoms with Crippen LogP contribution < -0.4 is 10.1 Å². The van der Waals surface area contributed by atoms with Crippen LogP contribution in [0.2, 0.25) is 0 Å². The number of rotatable bonds is 9. The summed E-state index contributed by atoms with van der Waals surface area (Å²) in [7, 11) is 1.42. The predicted octanol–water partition coefficient (Wildman–Crippen LogP) is 3.82. The van der Waals surface area contributed by atoms with E-state index >= 15 is 0 Å². The Morgan fingerprint density at radius 2 is 1.87 bits per heavy atom. The number of hydrogen-bond donors (Lipinski definition) is 3. The smallest absolute Gasteiger partial charge is 0.414 e. The van der Waals surface area contributed by atoms with Gasteiger partial charge in [-0.05, 0) is 49.1 Å². The Labute approximate surface area is 173 Å². The zero-order chi connectivity index (χ0) is 21.9. The molecule has 0 saturated heterocycles. The molecule has 0 fully saturated rings. The second-order valence-electron chi connectivity index (χ2n) is 6.32. The molecule has 0 radical (unpaired) electrons. The molecule has 0 aromatic heterocycles. The van der Waals surface area contributed by atoms with Gasteiger partial charge in [-0.1, -0.05) is 30.3 Å². The number of phenols is 1. The summed E-state index contributed by atoms with van der Waals surface area (Å²) < 4.78 is 10.4. The molecule has 1 atom stereocenters. The third-order valence-corrected chi connectivity index (χ3v) is 4.17. The minimum Gasteiger partial charge on any atom is -0.504 e. The number of carboxylic acids is 1. The zero-order valence-corrected chi connectivity index (χ0v) is 16.4. The number of unbranched alkanes of at least 4 members (excludes halogenated alkanes) is 1. The van der Waals surface area contributed by atoms with Gasteiger partial charge in [0.15, 0.2) is 11.5 Å². The van der Waals surface area contributed by atoms with E-state index in [9.17, 15) is 19.5 Å². The number of nitrogens with one attached hydrogen (secondary N) is 1. The predicted molar refractivity (Wildman–Crippen MR) is 108 cm³/mol. The van der Waals surface area contributed by atoms with E-state index in [0.717, 1.165) is 6.08 Å². The minimum absolute atomic E-state index is 0.116. The fourth-order valence-corrected chi connectivity index (χ4v) is 2.72. The summed E-state index contributed by atoms with van der Waals surface area (Å²) in [4.78, 5) is 34.9. The summed E-state index contributed by atoms with van der Waals surface area (Å²) >= 11 is 0. The van der Waals surface area contributed by atoms with Crippen LogP contribution in [0.3, 0.4) is 0 Å². The summed E-state index contributed by atoms with van der Waals surface area (Å²) in [5.74, 6) is -1.48. The van der Waals surface area contributed by atoms with Gasteiger partial charge in [0.1, 0.15) is 6.10 Å². The number of methoxy groups -OCH3 is 1. The number of amides is 2. The van der Waals surface area contributed by atoms with E-state index in [0.29, 0.717) is 30.4 Å². The van der Waals surface area contributed by atoms with Crippen molar-refractivity contribution in [3.05, 3.63) is 71.8 Å². The van der Waals surface area contributed by atoms with Crippen LogP contribution in [0.25, 0.3) is 0 Å². The van der Waals surface area contributed by atoms with Gasteiger partial charge in [0.2, 0.25) is 0 Å². The lowest BCUT2D eigenvalue weighted by Crippen LogP contribution is -2.32. The topological polar surface area (TPSA) is 122 Å². The van der Waals surface area contributed by atoms with Crippen LogP contribution in [0.15, 0.2) is 60.7 Å². The standard InChI is InChI=1S/C22H23NO7/c1-29-19-13-12-16(14-17(19)24)18(10-6-3-7-11-20(25)26)30-22(28)23-21(27)15-8-4-2-5-9-15/h2,4-5,7-9,11-14,18,24H,3,6,10H2,1H3,(H,25,26)(H,23,27,28)/b11-7+/t18-/m0/s1. The molecule has 0 spiro atoms. The van der Waals surface area contributed by atoms with Crippen LogP contribution in [-0.2, 0) is 9.53 Å². The van der Waals surface area contributed by atoms with E-state index in [1.54, 1.807) is 42.5 Å². The third-order valence-electron chi connectivity index (χ3n) is 4.17. The SMILES string of the molecule is COc1ccc([C@H](CCC/C=C/C(=O)O)OC(=O)NC(=O)c2ccccc2)cc1O. The van der Waals surface area contributed by atoms with Crippen molar-refractivity contribution in [2.75, 3.05) is 7.11 Å². The summed E-state index contributed by atoms with van der Waals surface area (Å²) in [5, 5.41) is 20.8. The van der Waals surface area contributed by atoms with Crippen LogP contribution in [0.5, 0.6) is 11.5 Å². The van der Waals surface area contributed by atoms with Gasteiger partial charge in [0, 0.05) is 11.6 Å². The fourth-order valence-electron chi connectivity index (χ4n) is 2.72. The highest BCUT2D eigenvalue weighted by atomic mass is 16.6. The molecule has 2 aromatic carbocycles. The average Bonchev–Trinajstić information content (AvgIpc) is 2.73. The summed E-state index contributed by atoms with van der Waals surface area (Å²) in [6, 6.07) is 12.8. The number of ether oxygens (including phenoxy) is 2. The number of aromatic hydroxyl groups is 1. The molecule has 0 aliphatic heterocycles. The van der Waals surface area contributed by atoms with Gasteiger partial charge in [0.05, 0.1) is 7.11 Å². The lowest BCUT2D eigenvalue weighted by Gasteiger charge is -2.19. The molecule has 2 amide bonds. The van der Waals surface area contributed by atoms with Gasteiger partial charge >= 0.3 is 12.1 Å². The third kappa shape index (κ3) is 6.97. The van der Waals surface area contributed by atoms with Crippen molar-refractivity contribution >= 4 is 18.0 Å². The maximum Gasteiger partial charge on any atom is 0.414 e. The first-order valence-corrected chi connectivity index (χ1v) is 9.24. The Morgan fingerprint density at radius 3 is 2.50 bits per heavy atom. The van der Waals surface area contributed by atoms with Crippen LogP contribution in [0.4, 0.5) is 4.79 Å². The Hall–Kier alpha value is -3.81. The highest BCUT2D eigenvalue weighted by molar-refractivity contribution is 6.02. The average molecular weight is 413 g/mol. The number of hydrogen-bond acceptors (Lipinski definition) is 6. The highest BCUT2D eigenvalue weighted by Crippen LogP contribution is 2.32. The van der Waals surface area contributed by atoms with E-state index in [2.05, 4.69) is 5.32 Å². The van der Waals surface area contributed by atoms with E-state index in [-0.39, 0.29) is 11.5 Å². The molecule has 8 heteroatoms. The molecule has 0 saturated carbocycles. The van der Waals surface area contributed by atoms with Crippen molar-refractivity contribution in [2.24, 2.45) is 0 Å². The Morgan fingerprint density at radius 1 is 1.13 bits per heavy atom. The number of carbonyl (C=O) groups is 3. The molecule has 30 heavy (non-hydrogen) atoms. The molecule has 2 aromatic rings. The first kappa shape index (κ1) is 22.5. The molecule has 0 heterocycles. The first-order chi connectivity index (χ1) is 14.4. The molecule has 158 valence electrons. The van der Waals surface area contributed by atoms with E-state index in [1.807, 2.05) is 0 Å². The number of alkyl carbamates (subject to hydrolysis) is 1. The number of imide groups is 1. The molecule has 8 nitrogen and oxygen atoms in total. The van der Waals surface area contributed by atoms with Crippen LogP contribution in [0.1, 0.15) is 41.3 Å². The number of carbonyl (C=O) groups excluding carboxylic acids is 2. The number of benzene rings is 2. The second kappa shape index (κ2) is 11.3. The molecule has 0 bridgehead atoms. The fraction of sp³-hybridized carbons (Fsp3) is 0.227. The van der Waals surface area contributed by atoms with E-state index in [4.69, 9.17) is 14.6 Å². The summed E-state index contributed by atoms with van der Waals surface area (Å²) in [6.45, 7) is 0. The highest BCUT2D eigenvalue weighted by Gasteiger charge is 2.20. The van der Waals surface area contributed by atoms with Gasteiger partial charge in [-0.2, -0.15) is 0 Å². The monoisotopic (exact) mass is 413 g/mol. The Balaban J connectivity index is 2.07. The number of phenolic OH excluding ortho intramolecular Hbond substituents is 1. The molecule has 0 aliphatic carbocycles. The summed E-state index contributed by atoms with van der Waals surface area (Å²) in [6.07, 6.45) is 2.18. The maximum absolute atomic E-state index is 12.3. The van der Waals surface area contributed by atoms with Crippen LogP contribution in [-0.4, -0.2) is 35.3 Å². The van der Waals surface area contributed by atoms with Gasteiger partial charge < -0.3 is 19.7 Å². The largest absolute Gasteiger partial charge is 0.504 e. The maximum atomic E-state index is 12.3. The normalized spacial score (nSPS) is 11.6. The van der Waals surface area contributed by atoms with Crippen molar-refractivity contribution in [3.8, 4) is 11.5 Å². The molecule has 3 N–H and O–H groups in total. The Kier molecular flexibility index (Phi) is 8.43. The van der Waals surface area contributed by atoms with Gasteiger partial charge in [-0.3, -0.25) is 10.1 Å². The molecule has 2 rings (SSSR count). The minimum atomic E-state index is -1.04. The van der Waals surface area contributed by atoms with Gasteiger partial charge in [-0.25, -0.2) is 9.59 Å². The van der Waals surface area contributed by atoms with Gasteiger partial charge in [-0.15, -0.1) is 0 Å².